The smallest absolute Gasteiger partial charge is 0.323 e. The lowest BCUT2D eigenvalue weighted by molar-refractivity contribution is 0.262. The number of urea groups is 1. The highest BCUT2D eigenvalue weighted by Gasteiger charge is 2.09. The van der Waals surface area contributed by atoms with Gasteiger partial charge in [0.15, 0.2) is 0 Å². The van der Waals surface area contributed by atoms with Gasteiger partial charge in [-0.2, -0.15) is 0 Å². The molecule has 3 aromatic rings. The molecule has 5 heteroatoms. The van der Waals surface area contributed by atoms with Crippen LogP contribution in [0.25, 0.3) is 11.1 Å². The van der Waals surface area contributed by atoms with Gasteiger partial charge >= 0.3 is 6.03 Å². The third-order valence-corrected chi connectivity index (χ3v) is 4.29. The fraction of sp³-hybridized carbons (Fsp3) is 0.0952. The van der Waals surface area contributed by atoms with Crippen LogP contribution < -0.4 is 10.6 Å². The second kappa shape index (κ2) is 8.52. The van der Waals surface area contributed by atoms with E-state index in [-0.39, 0.29) is 12.6 Å². The summed E-state index contributed by atoms with van der Waals surface area (Å²) in [6.45, 7) is 0.0257. The molecule has 4 nitrogen and oxygen atoms in total. The topological polar surface area (TPSA) is 61.4 Å². The molecule has 2 amide bonds. The van der Waals surface area contributed by atoms with Crippen LogP contribution >= 0.6 is 11.6 Å². The maximum atomic E-state index is 12.4. The number of hydrogen-bond acceptors (Lipinski definition) is 2. The van der Waals surface area contributed by atoms with Crippen LogP contribution in [0.5, 0.6) is 0 Å². The Labute approximate surface area is 157 Å². The minimum Gasteiger partial charge on any atom is -0.396 e. The lowest BCUT2D eigenvalue weighted by atomic mass is 10.1. The van der Waals surface area contributed by atoms with Crippen molar-refractivity contribution in [3.8, 4) is 11.1 Å². The van der Waals surface area contributed by atoms with Gasteiger partial charge in [-0.25, -0.2) is 4.79 Å². The average Bonchev–Trinajstić information content (AvgIpc) is 2.66. The highest BCUT2D eigenvalue weighted by atomic mass is 35.5. The van der Waals surface area contributed by atoms with Crippen LogP contribution in [-0.2, 0) is 6.42 Å². The van der Waals surface area contributed by atoms with Crippen molar-refractivity contribution in [2.24, 2.45) is 0 Å². The van der Waals surface area contributed by atoms with E-state index in [1.807, 2.05) is 60.7 Å². The Morgan fingerprint density at radius 3 is 2.42 bits per heavy atom. The van der Waals surface area contributed by atoms with E-state index in [0.717, 1.165) is 16.7 Å². The predicted molar refractivity (Wildman–Crippen MR) is 107 cm³/mol. The number of hydrogen-bond donors (Lipinski definition) is 3. The van der Waals surface area contributed by atoms with E-state index < -0.39 is 0 Å². The molecule has 0 spiro atoms. The third-order valence-electron chi connectivity index (χ3n) is 3.96. The minimum atomic E-state index is -0.350. The molecular weight excluding hydrogens is 348 g/mol. The number of carbonyl (C=O) groups excluding carboxylic acids is 1. The molecule has 0 unspecified atom stereocenters. The lowest BCUT2D eigenvalue weighted by Crippen LogP contribution is -2.20. The molecule has 0 fully saturated rings. The molecule has 0 saturated heterocycles. The van der Waals surface area contributed by atoms with Crippen molar-refractivity contribution in [1.29, 1.82) is 0 Å². The van der Waals surface area contributed by atoms with Crippen molar-refractivity contribution < 1.29 is 9.90 Å². The largest absolute Gasteiger partial charge is 0.396 e. The molecule has 3 aromatic carbocycles. The van der Waals surface area contributed by atoms with Gasteiger partial charge in [-0.15, -0.1) is 0 Å². The van der Waals surface area contributed by atoms with Crippen molar-refractivity contribution in [3.63, 3.8) is 0 Å². The van der Waals surface area contributed by atoms with Gasteiger partial charge in [-0.05, 0) is 41.8 Å². The SMILES string of the molecule is O=C(Nc1ccc(Cl)c(-c2ccccc2)c1)Nc1ccccc1CCO. The Kier molecular flexibility index (Phi) is 5.89. The number of benzene rings is 3. The normalized spacial score (nSPS) is 10.4. The minimum absolute atomic E-state index is 0.0257. The van der Waals surface area contributed by atoms with Gasteiger partial charge in [0.05, 0.1) is 0 Å². The molecule has 0 atom stereocenters. The number of rotatable bonds is 5. The number of carbonyl (C=O) groups is 1. The van der Waals surface area contributed by atoms with Crippen LogP contribution in [0.3, 0.4) is 0 Å². The van der Waals surface area contributed by atoms with E-state index in [2.05, 4.69) is 10.6 Å². The summed E-state index contributed by atoms with van der Waals surface area (Å²) < 4.78 is 0. The standard InChI is InChI=1S/C21H19ClN2O2/c22-19-11-10-17(14-18(19)15-6-2-1-3-7-15)23-21(26)24-20-9-5-4-8-16(20)12-13-25/h1-11,14,25H,12-13H2,(H2,23,24,26). The van der Waals surface area contributed by atoms with Gasteiger partial charge in [-0.1, -0.05) is 60.1 Å². The molecule has 0 saturated carbocycles. The monoisotopic (exact) mass is 366 g/mol. The van der Waals surface area contributed by atoms with Crippen molar-refractivity contribution in [2.75, 3.05) is 17.2 Å². The molecule has 0 radical (unpaired) electrons. The summed E-state index contributed by atoms with van der Waals surface area (Å²) >= 11 is 6.30. The fourth-order valence-electron chi connectivity index (χ4n) is 2.71. The second-order valence-electron chi connectivity index (χ2n) is 5.77. The molecule has 0 bridgehead atoms. The van der Waals surface area contributed by atoms with E-state index in [4.69, 9.17) is 16.7 Å². The van der Waals surface area contributed by atoms with Crippen LogP contribution in [-0.4, -0.2) is 17.7 Å². The number of aliphatic hydroxyl groups excluding tert-OH is 1. The Bertz CT molecular complexity index is 898. The van der Waals surface area contributed by atoms with E-state index in [0.29, 0.717) is 22.8 Å². The first kappa shape index (κ1) is 18.0. The number of anilines is 2. The number of aliphatic hydroxyl groups is 1. The average molecular weight is 367 g/mol. The first-order chi connectivity index (χ1) is 12.7. The van der Waals surface area contributed by atoms with Gasteiger partial charge in [-0.3, -0.25) is 0 Å². The number of nitrogens with one attached hydrogen (secondary N) is 2. The Morgan fingerprint density at radius 1 is 0.923 bits per heavy atom. The molecule has 132 valence electrons. The lowest BCUT2D eigenvalue weighted by Gasteiger charge is -2.13. The van der Waals surface area contributed by atoms with Crippen LogP contribution in [0.15, 0.2) is 72.8 Å². The molecule has 26 heavy (non-hydrogen) atoms. The Balaban J connectivity index is 1.76. The van der Waals surface area contributed by atoms with Crippen molar-refractivity contribution in [1.82, 2.24) is 0 Å². The number of halogens is 1. The third kappa shape index (κ3) is 4.42. The Hall–Kier alpha value is -2.82. The molecule has 0 aliphatic carbocycles. The second-order valence-corrected chi connectivity index (χ2v) is 6.18. The zero-order valence-corrected chi connectivity index (χ0v) is 14.8. The highest BCUT2D eigenvalue weighted by Crippen LogP contribution is 2.30. The van der Waals surface area contributed by atoms with Gasteiger partial charge < -0.3 is 15.7 Å². The van der Waals surface area contributed by atoms with Gasteiger partial charge in [0.1, 0.15) is 0 Å². The summed E-state index contributed by atoms with van der Waals surface area (Å²) in [6, 6.07) is 22.2. The zero-order chi connectivity index (χ0) is 18.4. The number of para-hydroxylation sites is 1. The summed E-state index contributed by atoms with van der Waals surface area (Å²) in [6.07, 6.45) is 0.482. The van der Waals surface area contributed by atoms with Crippen molar-refractivity contribution in [2.45, 2.75) is 6.42 Å². The van der Waals surface area contributed by atoms with E-state index in [1.54, 1.807) is 12.1 Å². The summed E-state index contributed by atoms with van der Waals surface area (Å²) in [5, 5.41) is 15.4. The summed E-state index contributed by atoms with van der Waals surface area (Å²) in [4.78, 5) is 12.4. The molecule has 0 heterocycles. The van der Waals surface area contributed by atoms with E-state index in [9.17, 15) is 4.79 Å². The van der Waals surface area contributed by atoms with Crippen molar-refractivity contribution >= 4 is 29.0 Å². The quantitative estimate of drug-likeness (QED) is 0.582. The van der Waals surface area contributed by atoms with Gasteiger partial charge in [0.25, 0.3) is 0 Å². The molecular formula is C21H19ClN2O2. The molecule has 0 aromatic heterocycles. The van der Waals surface area contributed by atoms with E-state index in [1.165, 1.54) is 0 Å². The summed E-state index contributed by atoms with van der Waals surface area (Å²) in [5.74, 6) is 0. The fourth-order valence-corrected chi connectivity index (χ4v) is 2.93. The molecule has 0 aliphatic heterocycles. The van der Waals surface area contributed by atoms with Crippen LogP contribution in [0, 0.1) is 0 Å². The first-order valence-electron chi connectivity index (χ1n) is 8.29. The molecule has 3 N–H and O–H groups in total. The van der Waals surface area contributed by atoms with Crippen LogP contribution in [0.4, 0.5) is 16.2 Å². The predicted octanol–water partition coefficient (Wildman–Crippen LogP) is 5.19. The Morgan fingerprint density at radius 2 is 1.65 bits per heavy atom. The first-order valence-corrected chi connectivity index (χ1v) is 8.67. The number of amides is 2. The van der Waals surface area contributed by atoms with Gasteiger partial charge in [0.2, 0.25) is 0 Å². The van der Waals surface area contributed by atoms with Crippen molar-refractivity contribution in [3.05, 3.63) is 83.4 Å². The molecule has 0 aliphatic rings. The van der Waals surface area contributed by atoms with E-state index >= 15 is 0 Å². The summed E-state index contributed by atoms with van der Waals surface area (Å²) in [7, 11) is 0. The maximum Gasteiger partial charge on any atom is 0.323 e. The van der Waals surface area contributed by atoms with Crippen LogP contribution in [0.1, 0.15) is 5.56 Å². The molecule has 3 rings (SSSR count). The maximum absolute atomic E-state index is 12.4. The van der Waals surface area contributed by atoms with Crippen LogP contribution in [0.2, 0.25) is 5.02 Å². The summed E-state index contributed by atoms with van der Waals surface area (Å²) in [5.41, 5.74) is 4.04. The highest BCUT2D eigenvalue weighted by molar-refractivity contribution is 6.33. The van der Waals surface area contributed by atoms with Gasteiger partial charge in [0, 0.05) is 28.6 Å². The zero-order valence-electron chi connectivity index (χ0n) is 14.1.